The van der Waals surface area contributed by atoms with Crippen LogP contribution in [-0.4, -0.2) is 0 Å². The van der Waals surface area contributed by atoms with Crippen molar-refractivity contribution < 1.29 is 0 Å². The van der Waals surface area contributed by atoms with E-state index in [4.69, 9.17) is 0 Å². The van der Waals surface area contributed by atoms with Gasteiger partial charge in [0.05, 0.1) is 0 Å². The van der Waals surface area contributed by atoms with Crippen LogP contribution in [0.3, 0.4) is 0 Å². The smallest absolute Gasteiger partial charge is 0.0148 e. The molecule has 100 valence electrons. The highest BCUT2D eigenvalue weighted by atomic mass is 14.1. The minimum atomic E-state index is 1.31. The molecule has 0 unspecified atom stereocenters. The third-order valence-electron chi connectivity index (χ3n) is 4.00. The van der Waals surface area contributed by atoms with Crippen molar-refractivity contribution >= 4 is 10.8 Å². The summed E-state index contributed by atoms with van der Waals surface area (Å²) in [5.74, 6) is 0. The maximum Gasteiger partial charge on any atom is -0.0148 e. The van der Waals surface area contributed by atoms with E-state index in [0.29, 0.717) is 0 Å². The van der Waals surface area contributed by atoms with E-state index >= 15 is 0 Å². The van der Waals surface area contributed by atoms with E-state index in [1.807, 2.05) is 0 Å². The highest BCUT2D eigenvalue weighted by molar-refractivity contribution is 5.90. The third kappa shape index (κ3) is 2.22. The van der Waals surface area contributed by atoms with Gasteiger partial charge in [-0.15, -0.1) is 0 Å². The number of benzene rings is 3. The Hall–Kier alpha value is -2.08. The molecule has 0 N–H and O–H groups in total. The highest BCUT2D eigenvalue weighted by Gasteiger charge is 2.05. The molecule has 3 aromatic carbocycles. The summed E-state index contributed by atoms with van der Waals surface area (Å²) >= 11 is 0. The zero-order chi connectivity index (χ0) is 14.3. The van der Waals surface area contributed by atoms with Gasteiger partial charge in [0.15, 0.2) is 0 Å². The second-order valence-electron chi connectivity index (χ2n) is 5.84. The summed E-state index contributed by atoms with van der Waals surface area (Å²) in [4.78, 5) is 0. The first-order chi connectivity index (χ1) is 9.54. The number of hydrogen-bond donors (Lipinski definition) is 0. The van der Waals surface area contributed by atoms with Gasteiger partial charge < -0.3 is 0 Å². The van der Waals surface area contributed by atoms with Crippen molar-refractivity contribution in [3.05, 3.63) is 70.8 Å². The van der Waals surface area contributed by atoms with Crippen molar-refractivity contribution in [1.82, 2.24) is 0 Å². The molecule has 0 heteroatoms. The maximum absolute atomic E-state index is 2.32. The van der Waals surface area contributed by atoms with Gasteiger partial charge in [-0.2, -0.15) is 0 Å². The molecule has 0 radical (unpaired) electrons. The fourth-order valence-corrected chi connectivity index (χ4v) is 3.03. The molecule has 0 aliphatic carbocycles. The molecule has 0 aliphatic rings. The molecular formula is C20H20. The van der Waals surface area contributed by atoms with E-state index < -0.39 is 0 Å². The molecule has 0 nitrogen and oxygen atoms in total. The average Bonchev–Trinajstić information content (AvgIpc) is 2.38. The summed E-state index contributed by atoms with van der Waals surface area (Å²) in [5.41, 5.74) is 7.98. The summed E-state index contributed by atoms with van der Waals surface area (Å²) in [6.45, 7) is 8.68. The number of hydrogen-bond acceptors (Lipinski definition) is 0. The second kappa shape index (κ2) is 4.79. The SMILES string of the molecule is Cc1ccc(-c2ccc3cc(C)cc(C)c3c2)c(C)c1. The number of rotatable bonds is 1. The van der Waals surface area contributed by atoms with Gasteiger partial charge in [-0.1, -0.05) is 53.6 Å². The Morgan fingerprint density at radius 1 is 0.600 bits per heavy atom. The molecule has 0 spiro atoms. The van der Waals surface area contributed by atoms with Gasteiger partial charge in [0.2, 0.25) is 0 Å². The first-order valence-corrected chi connectivity index (χ1v) is 7.13. The zero-order valence-corrected chi connectivity index (χ0v) is 12.6. The van der Waals surface area contributed by atoms with Crippen molar-refractivity contribution in [3.8, 4) is 11.1 Å². The minimum Gasteiger partial charge on any atom is -0.0587 e. The van der Waals surface area contributed by atoms with Gasteiger partial charge in [0.25, 0.3) is 0 Å². The van der Waals surface area contributed by atoms with Crippen LogP contribution in [0.15, 0.2) is 48.5 Å². The van der Waals surface area contributed by atoms with Crippen LogP contribution >= 0.6 is 0 Å². The Kier molecular flexibility index (Phi) is 3.10. The topological polar surface area (TPSA) is 0 Å². The highest BCUT2D eigenvalue weighted by Crippen LogP contribution is 2.29. The maximum atomic E-state index is 2.32. The predicted molar refractivity (Wildman–Crippen MR) is 88.3 cm³/mol. The van der Waals surface area contributed by atoms with E-state index in [2.05, 4.69) is 76.2 Å². The molecule has 0 aromatic heterocycles. The van der Waals surface area contributed by atoms with E-state index in [9.17, 15) is 0 Å². The van der Waals surface area contributed by atoms with Crippen LogP contribution in [0, 0.1) is 27.7 Å². The van der Waals surface area contributed by atoms with Crippen LogP contribution < -0.4 is 0 Å². The fraction of sp³-hybridized carbons (Fsp3) is 0.200. The van der Waals surface area contributed by atoms with Gasteiger partial charge in [-0.05, 0) is 66.8 Å². The van der Waals surface area contributed by atoms with Crippen LogP contribution in [-0.2, 0) is 0 Å². The van der Waals surface area contributed by atoms with E-state index in [0.717, 1.165) is 0 Å². The van der Waals surface area contributed by atoms with Crippen molar-refractivity contribution in [2.45, 2.75) is 27.7 Å². The Morgan fingerprint density at radius 3 is 2.10 bits per heavy atom. The molecule has 3 rings (SSSR count). The van der Waals surface area contributed by atoms with E-state index in [1.165, 1.54) is 44.2 Å². The third-order valence-corrected chi connectivity index (χ3v) is 4.00. The van der Waals surface area contributed by atoms with Gasteiger partial charge in [0, 0.05) is 0 Å². The van der Waals surface area contributed by atoms with Crippen molar-refractivity contribution in [2.24, 2.45) is 0 Å². The molecule has 0 saturated carbocycles. The standard InChI is InChI=1S/C20H20/c1-13-5-8-19(15(3)9-13)18-7-6-17-11-14(2)10-16(4)20(17)12-18/h5-12H,1-4H3. The first kappa shape index (κ1) is 12.9. The lowest BCUT2D eigenvalue weighted by molar-refractivity contribution is 1.38. The average molecular weight is 260 g/mol. The predicted octanol–water partition coefficient (Wildman–Crippen LogP) is 5.74. The summed E-state index contributed by atoms with van der Waals surface area (Å²) in [6, 6.07) is 18.0. The summed E-state index contributed by atoms with van der Waals surface area (Å²) in [5, 5.41) is 2.68. The van der Waals surface area contributed by atoms with Gasteiger partial charge >= 0.3 is 0 Å². The first-order valence-electron chi connectivity index (χ1n) is 7.13. The fourth-order valence-electron chi connectivity index (χ4n) is 3.03. The monoisotopic (exact) mass is 260 g/mol. The van der Waals surface area contributed by atoms with Crippen molar-refractivity contribution in [1.29, 1.82) is 0 Å². The lowest BCUT2D eigenvalue weighted by Gasteiger charge is -2.10. The summed E-state index contributed by atoms with van der Waals surface area (Å²) in [7, 11) is 0. The largest absolute Gasteiger partial charge is 0.0587 e. The quantitative estimate of drug-likeness (QED) is 0.523. The Labute approximate surface area is 121 Å². The van der Waals surface area contributed by atoms with Crippen LogP contribution in [0.4, 0.5) is 0 Å². The van der Waals surface area contributed by atoms with Crippen LogP contribution in [0.25, 0.3) is 21.9 Å². The second-order valence-corrected chi connectivity index (χ2v) is 5.84. The molecule has 20 heavy (non-hydrogen) atoms. The summed E-state index contributed by atoms with van der Waals surface area (Å²) in [6.07, 6.45) is 0. The van der Waals surface area contributed by atoms with Crippen molar-refractivity contribution in [3.63, 3.8) is 0 Å². The minimum absolute atomic E-state index is 1.31. The molecule has 0 amide bonds. The van der Waals surface area contributed by atoms with Gasteiger partial charge in [0.1, 0.15) is 0 Å². The molecule has 0 fully saturated rings. The van der Waals surface area contributed by atoms with Gasteiger partial charge in [-0.25, -0.2) is 0 Å². The molecule has 0 aliphatic heterocycles. The van der Waals surface area contributed by atoms with Crippen molar-refractivity contribution in [2.75, 3.05) is 0 Å². The Morgan fingerprint density at radius 2 is 1.35 bits per heavy atom. The Balaban J connectivity index is 2.22. The zero-order valence-electron chi connectivity index (χ0n) is 12.6. The van der Waals surface area contributed by atoms with E-state index in [1.54, 1.807) is 0 Å². The molecule has 0 bridgehead atoms. The normalized spacial score (nSPS) is 11.0. The number of aryl methyl sites for hydroxylation is 4. The lowest BCUT2D eigenvalue weighted by Crippen LogP contribution is -1.87. The van der Waals surface area contributed by atoms with Gasteiger partial charge in [-0.3, -0.25) is 0 Å². The molecule has 3 aromatic rings. The molecule has 0 saturated heterocycles. The van der Waals surface area contributed by atoms with Crippen LogP contribution in [0.5, 0.6) is 0 Å². The molecule has 0 atom stereocenters. The summed E-state index contributed by atoms with van der Waals surface area (Å²) < 4.78 is 0. The van der Waals surface area contributed by atoms with Crippen LogP contribution in [0.2, 0.25) is 0 Å². The Bertz CT molecular complexity index is 794. The number of fused-ring (bicyclic) bond motifs is 1. The molecule has 0 heterocycles. The van der Waals surface area contributed by atoms with Crippen LogP contribution in [0.1, 0.15) is 22.3 Å². The lowest BCUT2D eigenvalue weighted by atomic mass is 9.94. The molecular weight excluding hydrogens is 240 g/mol. The van der Waals surface area contributed by atoms with E-state index in [-0.39, 0.29) is 0 Å².